The van der Waals surface area contributed by atoms with Crippen molar-refractivity contribution in [1.82, 2.24) is 26.6 Å². The Labute approximate surface area is 360 Å². The van der Waals surface area contributed by atoms with Crippen LogP contribution in [0.2, 0.25) is 0 Å². The molecule has 0 aromatic heterocycles. The van der Waals surface area contributed by atoms with Gasteiger partial charge in [0.15, 0.2) is 0 Å². The number of alkyl halides is 3. The Hall–Kier alpha value is -7.04. The fourth-order valence-electron chi connectivity index (χ4n) is 7.10. The molecule has 63 heavy (non-hydrogen) atoms. The van der Waals surface area contributed by atoms with Crippen LogP contribution in [0.5, 0.6) is 0 Å². The molecule has 2 bridgehead atoms. The van der Waals surface area contributed by atoms with E-state index >= 15 is 0 Å². The van der Waals surface area contributed by atoms with Gasteiger partial charge in [0.1, 0.15) is 29.7 Å². The molecule has 6 amide bonds. The molecule has 2 heterocycles. The minimum absolute atomic E-state index is 0.0560. The van der Waals surface area contributed by atoms with Crippen molar-refractivity contribution in [3.63, 3.8) is 0 Å². The van der Waals surface area contributed by atoms with Crippen molar-refractivity contribution in [3.05, 3.63) is 137 Å². The largest absolute Gasteiger partial charge is 0.480 e. The van der Waals surface area contributed by atoms with E-state index in [1.54, 1.807) is 66.7 Å². The molecular weight excluding hydrogens is 822 g/mol. The number of aryl methyl sites for hydroxylation is 1. The Morgan fingerprint density at radius 2 is 1.16 bits per heavy atom. The van der Waals surface area contributed by atoms with Crippen molar-refractivity contribution in [2.45, 2.75) is 93.7 Å². The molecule has 4 aromatic carbocycles. The van der Waals surface area contributed by atoms with Crippen molar-refractivity contribution in [2.24, 2.45) is 0 Å². The summed E-state index contributed by atoms with van der Waals surface area (Å²) in [6.07, 6.45) is -5.08. The lowest BCUT2D eigenvalue weighted by molar-refractivity contribution is -0.143. The molecule has 1 fully saturated rings. The SMILES string of the molecule is O=C1CCC(=O)N[C@H](CCc2ccccc2)C(=O)N[C@@H](Cc2ccc(C(F)(F)F)cc2)C(=O)N[C@H](Cc2ccccc2)C(=O)N[C@@H](C(=O)NC2(C(=O)O)CC2)Cc2ccc(cc2)N1. The molecule has 0 saturated heterocycles. The summed E-state index contributed by atoms with van der Waals surface area (Å²) in [5.74, 6) is -5.74. The number of carbonyl (C=O) groups excluding carboxylic acids is 6. The zero-order valence-electron chi connectivity index (χ0n) is 34.0. The van der Waals surface area contributed by atoms with Gasteiger partial charge in [0.2, 0.25) is 35.4 Å². The second-order valence-electron chi connectivity index (χ2n) is 15.7. The lowest BCUT2D eigenvalue weighted by Gasteiger charge is -2.27. The third kappa shape index (κ3) is 13.0. The summed E-state index contributed by atoms with van der Waals surface area (Å²) in [6.45, 7) is 0. The highest BCUT2D eigenvalue weighted by Gasteiger charge is 2.52. The van der Waals surface area contributed by atoms with Crippen LogP contribution in [-0.2, 0) is 65.4 Å². The molecule has 0 unspecified atom stereocenters. The fourth-order valence-corrected chi connectivity index (χ4v) is 7.10. The monoisotopic (exact) mass is 868 g/mol. The Balaban J connectivity index is 1.36. The van der Waals surface area contributed by atoms with Gasteiger partial charge in [-0.05, 0) is 72.2 Å². The van der Waals surface area contributed by atoms with E-state index in [1.807, 2.05) is 18.2 Å². The number of halogens is 3. The van der Waals surface area contributed by atoms with Crippen LogP contribution in [0.1, 0.15) is 59.9 Å². The molecule has 2 aliphatic heterocycles. The maximum absolute atomic E-state index is 14.4. The number of aliphatic carboxylic acids is 1. The highest BCUT2D eigenvalue weighted by atomic mass is 19.4. The molecule has 0 radical (unpaired) electrons. The summed E-state index contributed by atoms with van der Waals surface area (Å²) in [6, 6.07) is 22.4. The van der Waals surface area contributed by atoms with Gasteiger partial charge < -0.3 is 37.0 Å². The number of fused-ring (bicyclic) bond motifs is 18. The fraction of sp³-hybridized carbons (Fsp3) is 0.326. The first-order valence-electron chi connectivity index (χ1n) is 20.5. The van der Waals surface area contributed by atoms with Crippen LogP contribution in [0.25, 0.3) is 0 Å². The smallest absolute Gasteiger partial charge is 0.416 e. The summed E-state index contributed by atoms with van der Waals surface area (Å²) in [7, 11) is 0. The number of carbonyl (C=O) groups is 7. The van der Waals surface area contributed by atoms with Gasteiger partial charge in [0.05, 0.1) is 5.56 Å². The predicted octanol–water partition coefficient (Wildman–Crippen LogP) is 3.77. The van der Waals surface area contributed by atoms with Crippen molar-refractivity contribution in [2.75, 3.05) is 5.32 Å². The first kappa shape index (κ1) is 45.5. The first-order valence-corrected chi connectivity index (χ1v) is 20.5. The molecule has 7 rings (SSSR count). The summed E-state index contributed by atoms with van der Waals surface area (Å²) in [5, 5.41) is 25.8. The number of rotatable bonds is 10. The van der Waals surface area contributed by atoms with Gasteiger partial charge in [-0.2, -0.15) is 13.2 Å². The van der Waals surface area contributed by atoms with Gasteiger partial charge in [-0.1, -0.05) is 84.9 Å². The molecule has 17 heteroatoms. The van der Waals surface area contributed by atoms with E-state index in [1.165, 1.54) is 0 Å². The second-order valence-corrected chi connectivity index (χ2v) is 15.7. The number of benzene rings is 4. The van der Waals surface area contributed by atoms with Gasteiger partial charge >= 0.3 is 12.1 Å². The van der Waals surface area contributed by atoms with E-state index in [2.05, 4.69) is 31.9 Å². The minimum Gasteiger partial charge on any atom is -0.480 e. The topological polar surface area (TPSA) is 212 Å². The quantitative estimate of drug-likeness (QED) is 0.116. The van der Waals surface area contributed by atoms with Crippen LogP contribution < -0.4 is 31.9 Å². The summed E-state index contributed by atoms with van der Waals surface area (Å²) >= 11 is 0. The van der Waals surface area contributed by atoms with Crippen LogP contribution in [0.4, 0.5) is 18.9 Å². The van der Waals surface area contributed by atoms with Crippen LogP contribution in [0.15, 0.2) is 109 Å². The van der Waals surface area contributed by atoms with Crippen LogP contribution in [0, 0.1) is 0 Å². The number of hydrogen-bond acceptors (Lipinski definition) is 7. The standard InChI is InChI=1S/C46H47F3N6O8/c47-46(48,49)32-16-11-30(12-17-32)26-36-41(59)53-35(25-29-9-5-2-6-10-29)42(60)54-37(43(61)55-45(23-24-45)44(62)63)27-31-13-18-33(19-14-31)50-38(56)21-22-39(57)51-34(40(58)52-36)20-15-28-7-3-1-4-8-28/h1-14,16-19,34-37H,15,20-27H2,(H,50,56)(H,51,57)(H,52,58)(H,53,59)(H,54,60)(H,55,61)(H,62,63)/t34-,35-,36+,37-/m1/s1. The number of amides is 6. The van der Waals surface area contributed by atoms with Gasteiger partial charge in [-0.25, -0.2) is 4.79 Å². The highest BCUT2D eigenvalue weighted by molar-refractivity contribution is 5.98. The summed E-state index contributed by atoms with van der Waals surface area (Å²) < 4.78 is 40.5. The number of nitrogens with one attached hydrogen (secondary N) is 6. The molecule has 14 nitrogen and oxygen atoms in total. The zero-order valence-corrected chi connectivity index (χ0v) is 34.0. The Morgan fingerprint density at radius 3 is 1.71 bits per heavy atom. The van der Waals surface area contributed by atoms with Crippen molar-refractivity contribution in [1.29, 1.82) is 0 Å². The number of carboxylic acid groups (broad SMARTS) is 1. The van der Waals surface area contributed by atoms with E-state index in [9.17, 15) is 51.8 Å². The molecule has 0 spiro atoms. The van der Waals surface area contributed by atoms with Crippen LogP contribution in [-0.4, -0.2) is 76.2 Å². The third-order valence-electron chi connectivity index (χ3n) is 10.9. The predicted molar refractivity (Wildman–Crippen MR) is 224 cm³/mol. The Morgan fingerprint density at radius 1 is 0.635 bits per heavy atom. The summed E-state index contributed by atoms with van der Waals surface area (Å²) in [4.78, 5) is 95.0. The Kier molecular flexibility index (Phi) is 14.6. The second kappa shape index (κ2) is 20.2. The van der Waals surface area contributed by atoms with Crippen molar-refractivity contribution in [3.8, 4) is 0 Å². The maximum Gasteiger partial charge on any atom is 0.416 e. The zero-order chi connectivity index (χ0) is 45.1. The average molecular weight is 869 g/mol. The normalized spacial score (nSPS) is 21.0. The molecule has 4 atom stereocenters. The number of hydrogen-bond donors (Lipinski definition) is 7. The number of carboxylic acids is 1. The van der Waals surface area contributed by atoms with Crippen LogP contribution >= 0.6 is 0 Å². The number of anilines is 1. The van der Waals surface area contributed by atoms with Gasteiger partial charge in [0, 0.05) is 37.8 Å². The van der Waals surface area contributed by atoms with Crippen molar-refractivity contribution >= 4 is 47.1 Å². The highest BCUT2D eigenvalue weighted by Crippen LogP contribution is 2.35. The van der Waals surface area contributed by atoms with Gasteiger partial charge in [-0.15, -0.1) is 0 Å². The minimum atomic E-state index is -4.64. The molecule has 7 N–H and O–H groups in total. The lowest BCUT2D eigenvalue weighted by atomic mass is 9.99. The first-order chi connectivity index (χ1) is 30.1. The lowest BCUT2D eigenvalue weighted by Crippen LogP contribution is -2.60. The summed E-state index contributed by atoms with van der Waals surface area (Å²) in [5.41, 5.74) is 0.100. The molecular formula is C46H47F3N6O8. The van der Waals surface area contributed by atoms with Crippen LogP contribution in [0.3, 0.4) is 0 Å². The average Bonchev–Trinajstić information content (AvgIpc) is 4.05. The van der Waals surface area contributed by atoms with Gasteiger partial charge in [0.25, 0.3) is 0 Å². The van der Waals surface area contributed by atoms with E-state index in [0.29, 0.717) is 23.2 Å². The van der Waals surface area contributed by atoms with Gasteiger partial charge in [-0.3, -0.25) is 28.8 Å². The molecule has 1 aliphatic carbocycles. The molecule has 1 saturated carbocycles. The molecule has 330 valence electrons. The van der Waals surface area contributed by atoms with E-state index in [-0.39, 0.29) is 56.9 Å². The molecule has 4 aromatic rings. The Bertz CT molecular complexity index is 2290. The van der Waals surface area contributed by atoms with Crippen molar-refractivity contribution < 1.29 is 51.8 Å². The van der Waals surface area contributed by atoms with E-state index in [0.717, 1.165) is 29.8 Å². The van der Waals surface area contributed by atoms with E-state index in [4.69, 9.17) is 0 Å². The molecule has 3 aliphatic rings. The third-order valence-corrected chi connectivity index (χ3v) is 10.9. The van der Waals surface area contributed by atoms with E-state index < -0.39 is 82.9 Å². The maximum atomic E-state index is 14.4.